The highest BCUT2D eigenvalue weighted by Gasteiger charge is 2.44. The topological polar surface area (TPSA) is 49.4 Å². The van der Waals surface area contributed by atoms with Crippen LogP contribution >= 0.6 is 0 Å². The minimum atomic E-state index is -4.90. The van der Waals surface area contributed by atoms with E-state index in [4.69, 9.17) is 0 Å². The second-order valence-electron chi connectivity index (χ2n) is 2.26. The standard InChI is InChI=1S/C5H5F3N2O2/c6-5(7,8)4(12)10-1-3(11)9-2-10/h1-2H2,(H,9,11). The van der Waals surface area contributed by atoms with Crippen molar-refractivity contribution in [2.45, 2.75) is 6.18 Å². The van der Waals surface area contributed by atoms with Crippen molar-refractivity contribution in [3.8, 4) is 0 Å². The van der Waals surface area contributed by atoms with Crippen LogP contribution in [0.5, 0.6) is 0 Å². The van der Waals surface area contributed by atoms with Gasteiger partial charge in [0.2, 0.25) is 5.91 Å². The molecule has 0 aliphatic carbocycles. The van der Waals surface area contributed by atoms with Gasteiger partial charge in [-0.1, -0.05) is 0 Å². The first-order chi connectivity index (χ1) is 5.41. The van der Waals surface area contributed by atoms with E-state index in [0.717, 1.165) is 0 Å². The molecule has 0 aromatic heterocycles. The number of nitrogens with one attached hydrogen (secondary N) is 1. The fraction of sp³-hybridized carbons (Fsp3) is 0.600. The first-order valence-electron chi connectivity index (χ1n) is 3.04. The van der Waals surface area contributed by atoms with Crippen molar-refractivity contribution >= 4 is 11.8 Å². The smallest absolute Gasteiger partial charge is 0.337 e. The van der Waals surface area contributed by atoms with Crippen LogP contribution in [0.15, 0.2) is 0 Å². The summed E-state index contributed by atoms with van der Waals surface area (Å²) in [5.74, 6) is -2.56. The van der Waals surface area contributed by atoms with Gasteiger partial charge in [0.05, 0.1) is 6.67 Å². The van der Waals surface area contributed by atoms with Crippen molar-refractivity contribution in [3.05, 3.63) is 0 Å². The Morgan fingerprint density at radius 1 is 1.50 bits per heavy atom. The zero-order valence-electron chi connectivity index (χ0n) is 5.81. The summed E-state index contributed by atoms with van der Waals surface area (Å²) in [6.45, 7) is -0.879. The molecule has 0 unspecified atom stereocenters. The number of halogens is 3. The molecule has 12 heavy (non-hydrogen) atoms. The first kappa shape index (κ1) is 8.82. The minimum absolute atomic E-state index is 0.364. The number of nitrogens with zero attached hydrogens (tertiary/aromatic N) is 1. The molecule has 0 aromatic carbocycles. The van der Waals surface area contributed by atoms with Crippen LogP contribution in [-0.4, -0.2) is 36.1 Å². The molecule has 1 N–H and O–H groups in total. The number of carbonyl (C=O) groups excluding carboxylic acids is 2. The number of alkyl halides is 3. The fourth-order valence-electron chi connectivity index (χ4n) is 0.792. The lowest BCUT2D eigenvalue weighted by atomic mass is 10.5. The molecule has 0 aromatic rings. The Hall–Kier alpha value is -1.27. The number of hydrogen-bond donors (Lipinski definition) is 1. The lowest BCUT2D eigenvalue weighted by molar-refractivity contribution is -0.184. The molecule has 2 amide bonds. The van der Waals surface area contributed by atoms with Gasteiger partial charge < -0.3 is 10.2 Å². The average molecular weight is 182 g/mol. The van der Waals surface area contributed by atoms with Gasteiger partial charge in [-0.25, -0.2) is 0 Å². The lowest BCUT2D eigenvalue weighted by Gasteiger charge is -2.14. The maximum Gasteiger partial charge on any atom is 0.471 e. The van der Waals surface area contributed by atoms with Gasteiger partial charge in [-0.2, -0.15) is 13.2 Å². The Morgan fingerprint density at radius 2 is 2.08 bits per heavy atom. The second kappa shape index (κ2) is 2.65. The van der Waals surface area contributed by atoms with Gasteiger partial charge in [-0.3, -0.25) is 9.59 Å². The molecule has 1 aliphatic rings. The van der Waals surface area contributed by atoms with E-state index in [9.17, 15) is 22.8 Å². The van der Waals surface area contributed by atoms with E-state index in [1.807, 2.05) is 0 Å². The molecule has 4 nitrogen and oxygen atoms in total. The van der Waals surface area contributed by atoms with Gasteiger partial charge in [0.15, 0.2) is 0 Å². The fourth-order valence-corrected chi connectivity index (χ4v) is 0.792. The minimum Gasteiger partial charge on any atom is -0.337 e. The summed E-state index contributed by atoms with van der Waals surface area (Å²) in [6.07, 6.45) is -4.90. The maximum absolute atomic E-state index is 11.7. The molecule has 0 bridgehead atoms. The quantitative estimate of drug-likeness (QED) is 0.547. The van der Waals surface area contributed by atoms with Crippen molar-refractivity contribution in [1.29, 1.82) is 0 Å². The highest BCUT2D eigenvalue weighted by Crippen LogP contribution is 2.18. The Morgan fingerprint density at radius 3 is 2.42 bits per heavy atom. The van der Waals surface area contributed by atoms with Gasteiger partial charge in [-0.15, -0.1) is 0 Å². The monoisotopic (exact) mass is 182 g/mol. The van der Waals surface area contributed by atoms with Gasteiger partial charge in [0.25, 0.3) is 0 Å². The molecule has 1 aliphatic heterocycles. The SMILES string of the molecule is O=C1CN(C(=O)C(F)(F)F)CN1. The van der Waals surface area contributed by atoms with E-state index >= 15 is 0 Å². The molecular weight excluding hydrogens is 177 g/mol. The molecule has 68 valence electrons. The number of amides is 2. The van der Waals surface area contributed by atoms with Crippen LogP contribution in [0, 0.1) is 0 Å². The van der Waals surface area contributed by atoms with Crippen LogP contribution in [0.2, 0.25) is 0 Å². The first-order valence-corrected chi connectivity index (χ1v) is 3.04. The third kappa shape index (κ3) is 1.66. The zero-order valence-corrected chi connectivity index (χ0v) is 5.81. The Labute approximate surface area is 65.3 Å². The second-order valence-corrected chi connectivity index (χ2v) is 2.26. The third-order valence-electron chi connectivity index (χ3n) is 1.33. The van der Waals surface area contributed by atoms with Gasteiger partial charge in [0, 0.05) is 0 Å². The van der Waals surface area contributed by atoms with E-state index in [1.165, 1.54) is 0 Å². The van der Waals surface area contributed by atoms with Crippen LogP contribution < -0.4 is 5.32 Å². The maximum atomic E-state index is 11.7. The van der Waals surface area contributed by atoms with Crippen LogP contribution in [0.3, 0.4) is 0 Å². The summed E-state index contributed by atoms with van der Waals surface area (Å²) in [5.41, 5.74) is 0. The molecule has 0 radical (unpaired) electrons. The summed E-state index contributed by atoms with van der Waals surface area (Å²) in [7, 11) is 0. The van der Waals surface area contributed by atoms with Crippen molar-refractivity contribution in [2.75, 3.05) is 13.2 Å². The van der Waals surface area contributed by atoms with Crippen LogP contribution in [0.4, 0.5) is 13.2 Å². The highest BCUT2D eigenvalue weighted by atomic mass is 19.4. The van der Waals surface area contributed by atoms with E-state index in [0.29, 0.717) is 4.90 Å². The van der Waals surface area contributed by atoms with E-state index in [1.54, 1.807) is 0 Å². The van der Waals surface area contributed by atoms with Gasteiger partial charge >= 0.3 is 12.1 Å². The van der Waals surface area contributed by atoms with E-state index < -0.39 is 24.5 Å². The largest absolute Gasteiger partial charge is 0.471 e. The molecule has 0 atom stereocenters. The molecule has 1 fully saturated rings. The predicted molar refractivity (Wildman–Crippen MR) is 30.8 cm³/mol. The summed E-state index contributed by atoms with van der Waals surface area (Å²) in [4.78, 5) is 21.2. The van der Waals surface area contributed by atoms with E-state index in [-0.39, 0.29) is 6.67 Å². The van der Waals surface area contributed by atoms with Crippen LogP contribution in [0.1, 0.15) is 0 Å². The average Bonchev–Trinajstić information content (AvgIpc) is 2.32. The summed E-state index contributed by atoms with van der Waals surface area (Å²) in [6, 6.07) is 0. The van der Waals surface area contributed by atoms with Crippen molar-refractivity contribution < 1.29 is 22.8 Å². The lowest BCUT2D eigenvalue weighted by Crippen LogP contribution is -2.40. The number of carbonyl (C=O) groups is 2. The van der Waals surface area contributed by atoms with Crippen molar-refractivity contribution in [3.63, 3.8) is 0 Å². The molecule has 1 rings (SSSR count). The van der Waals surface area contributed by atoms with Crippen LogP contribution in [-0.2, 0) is 9.59 Å². The molecule has 1 saturated heterocycles. The molecule has 0 saturated carbocycles. The van der Waals surface area contributed by atoms with Gasteiger partial charge in [0.1, 0.15) is 6.54 Å². The zero-order chi connectivity index (χ0) is 9.35. The van der Waals surface area contributed by atoms with Crippen LogP contribution in [0.25, 0.3) is 0 Å². The highest BCUT2D eigenvalue weighted by molar-refractivity contribution is 5.90. The Kier molecular flexibility index (Phi) is 1.95. The van der Waals surface area contributed by atoms with E-state index in [2.05, 4.69) is 5.32 Å². The van der Waals surface area contributed by atoms with Crippen molar-refractivity contribution in [2.24, 2.45) is 0 Å². The normalized spacial score (nSPS) is 17.9. The van der Waals surface area contributed by atoms with Crippen molar-refractivity contribution in [1.82, 2.24) is 10.2 Å². The van der Waals surface area contributed by atoms with Gasteiger partial charge in [-0.05, 0) is 0 Å². The number of rotatable bonds is 0. The summed E-state index contributed by atoms with van der Waals surface area (Å²) >= 11 is 0. The predicted octanol–water partition coefficient (Wildman–Crippen LogP) is -0.535. The Balaban J connectivity index is 2.61. The Bertz CT molecular complexity index is 225. The third-order valence-corrected chi connectivity index (χ3v) is 1.33. The molecule has 1 heterocycles. The molecule has 0 spiro atoms. The summed E-state index contributed by atoms with van der Waals surface area (Å²) in [5, 5.41) is 2.09. The summed E-state index contributed by atoms with van der Waals surface area (Å²) < 4.78 is 35.1. The molecule has 7 heteroatoms. The molecular formula is C5H5F3N2O2. The number of hydrogen-bond acceptors (Lipinski definition) is 2.